The van der Waals surface area contributed by atoms with Crippen molar-refractivity contribution >= 4 is 15.5 Å². The summed E-state index contributed by atoms with van der Waals surface area (Å²) in [6, 6.07) is 0. The summed E-state index contributed by atoms with van der Waals surface area (Å²) < 4.78 is 22.4. The van der Waals surface area contributed by atoms with Crippen LogP contribution < -0.4 is 0 Å². The Morgan fingerprint density at radius 2 is 1.87 bits per heavy atom. The maximum Gasteiger partial charge on any atom is 0.176 e. The van der Waals surface area contributed by atoms with Crippen molar-refractivity contribution in [2.24, 2.45) is 4.99 Å². The van der Waals surface area contributed by atoms with Gasteiger partial charge in [-0.25, -0.2) is 8.42 Å². The van der Waals surface area contributed by atoms with Gasteiger partial charge in [0.1, 0.15) is 0 Å². The third-order valence-corrected chi connectivity index (χ3v) is 3.93. The van der Waals surface area contributed by atoms with Gasteiger partial charge in [-0.3, -0.25) is 4.99 Å². The van der Waals surface area contributed by atoms with Crippen molar-refractivity contribution in [2.75, 3.05) is 12.3 Å². The lowest BCUT2D eigenvalue weighted by molar-refractivity contribution is 0.268. The fourth-order valence-electron chi connectivity index (χ4n) is 1.07. The Morgan fingerprint density at radius 3 is 2.33 bits per heavy atom. The molecule has 0 aromatic carbocycles. The molecule has 0 bridgehead atoms. The van der Waals surface area contributed by atoms with Crippen LogP contribution in [-0.4, -0.2) is 37.0 Å². The molecule has 4 nitrogen and oxygen atoms in total. The number of hydrogen-bond donors (Lipinski definition) is 1. The molecule has 0 saturated heterocycles. The summed E-state index contributed by atoms with van der Waals surface area (Å²) in [6.07, 6.45) is 2.34. The van der Waals surface area contributed by atoms with Crippen LogP contribution in [0.5, 0.6) is 0 Å². The van der Waals surface area contributed by atoms with Crippen LogP contribution in [-0.2, 0) is 9.84 Å². The molecule has 1 unspecified atom stereocenters. The van der Waals surface area contributed by atoms with Crippen LogP contribution in [0.4, 0.5) is 0 Å². The van der Waals surface area contributed by atoms with Gasteiger partial charge in [-0.1, -0.05) is 6.42 Å². The molecule has 0 spiro atoms. The first-order valence-corrected chi connectivity index (χ1v) is 6.95. The zero-order chi connectivity index (χ0) is 11.9. The lowest BCUT2D eigenvalue weighted by atomic mass is 10.2. The quantitative estimate of drug-likeness (QED) is 0.535. The van der Waals surface area contributed by atoms with E-state index in [1.807, 2.05) is 13.8 Å². The lowest BCUT2D eigenvalue weighted by Gasteiger charge is -2.05. The maximum absolute atomic E-state index is 11.2. The van der Waals surface area contributed by atoms with Crippen molar-refractivity contribution in [1.29, 1.82) is 0 Å². The minimum atomic E-state index is -3.28. The average molecular weight is 235 g/mol. The summed E-state index contributed by atoms with van der Waals surface area (Å²) in [5.41, 5.74) is -0.194. The van der Waals surface area contributed by atoms with Gasteiger partial charge in [-0.05, 0) is 33.6 Å². The highest BCUT2D eigenvalue weighted by molar-refractivity contribution is 7.91. The predicted octanol–water partition coefficient (Wildman–Crippen LogP) is 1.39. The number of sulfone groups is 1. The van der Waals surface area contributed by atoms with E-state index in [0.29, 0.717) is 6.42 Å². The number of aliphatic hydroxyl groups is 1. The van der Waals surface area contributed by atoms with Crippen molar-refractivity contribution < 1.29 is 13.5 Å². The molecule has 0 radical (unpaired) electrons. The predicted molar refractivity (Wildman–Crippen MR) is 63.0 cm³/mol. The molecule has 0 aromatic heterocycles. The van der Waals surface area contributed by atoms with E-state index in [4.69, 9.17) is 5.11 Å². The summed E-state index contributed by atoms with van der Waals surface area (Å²) in [5.74, 6) is 0.0689. The normalized spacial score (nSPS) is 13.6. The van der Waals surface area contributed by atoms with Crippen molar-refractivity contribution in [2.45, 2.75) is 45.5 Å². The molecule has 1 N–H and O–H groups in total. The fourth-order valence-corrected chi connectivity index (χ4v) is 2.01. The Labute approximate surface area is 92.3 Å². The summed E-state index contributed by atoms with van der Waals surface area (Å²) in [7, 11) is -3.28. The molecule has 15 heavy (non-hydrogen) atoms. The van der Waals surface area contributed by atoms with Crippen molar-refractivity contribution in [3.63, 3.8) is 0 Å². The first-order valence-electron chi connectivity index (χ1n) is 5.23. The van der Waals surface area contributed by atoms with Crippen molar-refractivity contribution in [3.05, 3.63) is 0 Å². The number of nitrogens with zero attached hydrogens (tertiary/aromatic N) is 1. The zero-order valence-corrected chi connectivity index (χ0v) is 10.5. The zero-order valence-electron chi connectivity index (χ0n) is 9.73. The van der Waals surface area contributed by atoms with Crippen LogP contribution in [0.25, 0.3) is 0 Å². The molecular formula is C10H21NO3S. The summed E-state index contributed by atoms with van der Waals surface area (Å²) in [6.45, 7) is 5.94. The Morgan fingerprint density at radius 1 is 1.27 bits per heavy atom. The van der Waals surface area contributed by atoms with Gasteiger partial charge in [0.25, 0.3) is 0 Å². The van der Waals surface area contributed by atoms with Crippen LogP contribution in [0.2, 0.25) is 0 Å². The minimum Gasteiger partial charge on any atom is -0.377 e. The molecule has 0 aliphatic rings. The summed E-state index contributed by atoms with van der Waals surface area (Å²) in [4.78, 5) is 4.21. The standard InChI is InChI=1S/C10H21NO3S/c1-9(2)11-7-5-4-6-8-15(13,14)10(3)12/h10,12H,4-8H2,1-3H3. The van der Waals surface area contributed by atoms with Gasteiger partial charge in [0.15, 0.2) is 15.3 Å². The second-order valence-corrected chi connectivity index (χ2v) is 6.27. The summed E-state index contributed by atoms with van der Waals surface area (Å²) >= 11 is 0. The van der Waals surface area contributed by atoms with E-state index in [1.165, 1.54) is 6.92 Å². The van der Waals surface area contributed by atoms with Crippen molar-refractivity contribution in [1.82, 2.24) is 0 Å². The van der Waals surface area contributed by atoms with Crippen LogP contribution in [0.1, 0.15) is 40.0 Å². The van der Waals surface area contributed by atoms with Crippen LogP contribution in [0.15, 0.2) is 4.99 Å². The molecular weight excluding hydrogens is 214 g/mol. The van der Waals surface area contributed by atoms with Gasteiger partial charge in [-0.2, -0.15) is 0 Å². The largest absolute Gasteiger partial charge is 0.377 e. The third-order valence-electron chi connectivity index (χ3n) is 2.03. The van der Waals surface area contributed by atoms with E-state index in [1.54, 1.807) is 0 Å². The van der Waals surface area contributed by atoms with E-state index >= 15 is 0 Å². The molecule has 5 heteroatoms. The highest BCUT2D eigenvalue weighted by Crippen LogP contribution is 2.04. The number of hydrogen-bond acceptors (Lipinski definition) is 4. The highest BCUT2D eigenvalue weighted by Gasteiger charge is 2.16. The van der Waals surface area contributed by atoms with Gasteiger partial charge >= 0.3 is 0 Å². The Kier molecular flexibility index (Phi) is 6.76. The van der Waals surface area contributed by atoms with E-state index < -0.39 is 15.3 Å². The second-order valence-electron chi connectivity index (χ2n) is 3.86. The SMILES string of the molecule is CC(C)=NCCCCCS(=O)(=O)C(C)O. The molecule has 1 atom stereocenters. The van der Waals surface area contributed by atoms with E-state index in [0.717, 1.165) is 25.1 Å². The van der Waals surface area contributed by atoms with Crippen molar-refractivity contribution in [3.8, 4) is 0 Å². The Hall–Kier alpha value is -0.420. The molecule has 0 rings (SSSR count). The third kappa shape index (κ3) is 7.50. The van der Waals surface area contributed by atoms with E-state index in [-0.39, 0.29) is 5.75 Å². The van der Waals surface area contributed by atoms with Gasteiger partial charge in [0.2, 0.25) is 0 Å². The van der Waals surface area contributed by atoms with Gasteiger partial charge in [0.05, 0.1) is 5.75 Å². The molecule has 0 fully saturated rings. The molecule has 0 heterocycles. The Bertz CT molecular complexity index is 290. The van der Waals surface area contributed by atoms with Gasteiger partial charge in [0, 0.05) is 12.3 Å². The summed E-state index contributed by atoms with van der Waals surface area (Å²) in [5, 5.41) is 8.95. The van der Waals surface area contributed by atoms with Gasteiger partial charge < -0.3 is 5.11 Å². The first-order chi connectivity index (χ1) is 6.86. The maximum atomic E-state index is 11.2. The first kappa shape index (κ1) is 14.6. The molecule has 0 aromatic rings. The molecule has 90 valence electrons. The highest BCUT2D eigenvalue weighted by atomic mass is 32.2. The molecule has 0 aliphatic carbocycles. The van der Waals surface area contributed by atoms with Gasteiger partial charge in [-0.15, -0.1) is 0 Å². The number of unbranched alkanes of at least 4 members (excludes halogenated alkanes) is 2. The number of rotatable bonds is 7. The monoisotopic (exact) mass is 235 g/mol. The smallest absolute Gasteiger partial charge is 0.176 e. The topological polar surface area (TPSA) is 66.7 Å². The Balaban J connectivity index is 3.60. The van der Waals surface area contributed by atoms with E-state index in [9.17, 15) is 8.42 Å². The van der Waals surface area contributed by atoms with Crippen LogP contribution in [0, 0.1) is 0 Å². The molecule has 0 amide bonds. The number of aliphatic imine (C=N–C) groups is 1. The average Bonchev–Trinajstić information content (AvgIpc) is 2.10. The minimum absolute atomic E-state index is 0.0689. The fraction of sp³-hybridized carbons (Fsp3) is 0.900. The number of aliphatic hydroxyl groups excluding tert-OH is 1. The van der Waals surface area contributed by atoms with E-state index in [2.05, 4.69) is 4.99 Å². The molecule has 0 saturated carbocycles. The molecule has 0 aliphatic heterocycles. The second kappa shape index (κ2) is 6.95. The van der Waals surface area contributed by atoms with Crippen LogP contribution in [0.3, 0.4) is 0 Å². The van der Waals surface area contributed by atoms with Crippen LogP contribution >= 0.6 is 0 Å². The lowest BCUT2D eigenvalue weighted by Crippen LogP contribution is -2.20.